The first-order chi connectivity index (χ1) is 5.86. The van der Waals surface area contributed by atoms with Crippen molar-refractivity contribution in [2.24, 2.45) is 0 Å². The van der Waals surface area contributed by atoms with Crippen LogP contribution in [0.2, 0.25) is 0 Å². The van der Waals surface area contributed by atoms with E-state index in [2.05, 4.69) is 51.7 Å². The van der Waals surface area contributed by atoms with E-state index < -0.39 is 0 Å². The molecule has 1 aromatic carbocycles. The van der Waals surface area contributed by atoms with Gasteiger partial charge in [-0.2, -0.15) is 35.4 Å². The van der Waals surface area contributed by atoms with E-state index in [1.54, 1.807) is 0 Å². The van der Waals surface area contributed by atoms with Crippen molar-refractivity contribution in [2.45, 2.75) is 26.7 Å². The molecule has 1 rings (SSSR count). The van der Waals surface area contributed by atoms with Crippen molar-refractivity contribution >= 4 is 13.6 Å². The molecule has 0 aliphatic heterocycles. The fourth-order valence-corrected chi connectivity index (χ4v) is 0.982. The molecule has 0 spiro atoms. The third-order valence-electron chi connectivity index (χ3n) is 1.68. The third kappa shape index (κ3) is 4.37. The van der Waals surface area contributed by atoms with Gasteiger partial charge in [0.1, 0.15) is 0 Å². The average Bonchev–Trinajstić information content (AvgIpc) is 2.21. The number of aryl methyl sites for hydroxylation is 2. The Kier molecular flexibility index (Phi) is 8.16. The normalized spacial score (nSPS) is 8.75. The molecule has 1 aromatic rings. The molecule has 0 nitrogen and oxygen atoms in total. The molecule has 0 aliphatic carbocycles. The van der Waals surface area contributed by atoms with Gasteiger partial charge < -0.3 is 0 Å². The summed E-state index contributed by atoms with van der Waals surface area (Å²) in [4.78, 5) is 0. The second-order valence-corrected chi connectivity index (χ2v) is 2.41. The van der Waals surface area contributed by atoms with E-state index >= 15 is 0 Å². The quantitative estimate of drug-likeness (QED) is 0.574. The zero-order valence-corrected chi connectivity index (χ0v) is 12.3. The van der Waals surface area contributed by atoms with E-state index in [9.17, 15) is 0 Å². The topological polar surface area (TPSA) is 0 Å². The van der Waals surface area contributed by atoms with E-state index in [0.717, 1.165) is 12.8 Å². The molecular formula is C10H13BrZn. The van der Waals surface area contributed by atoms with Crippen LogP contribution in [0.5, 0.6) is 0 Å². The number of halogens is 1. The van der Waals surface area contributed by atoms with Crippen LogP contribution in [0.25, 0.3) is 0 Å². The number of hydrogen-bond acceptors (Lipinski definition) is 0. The Hall–Kier alpha value is 0.323. The standard InChI is InChI=1S/C10H13.BrH.Zn/c1-3-9-6-5-7-10(4-2)8-9;;/h5-7H,3-4H2,1-2H3;1H;/q-1;;+2/p-1. The van der Waals surface area contributed by atoms with Gasteiger partial charge in [0, 0.05) is 0 Å². The Morgan fingerprint density at radius 3 is 1.92 bits per heavy atom. The van der Waals surface area contributed by atoms with Gasteiger partial charge in [0.15, 0.2) is 0 Å². The average molecular weight is 279 g/mol. The monoisotopic (exact) mass is 276 g/mol. The molecule has 0 radical (unpaired) electrons. The molecule has 0 atom stereocenters. The van der Waals surface area contributed by atoms with E-state index in [0.29, 0.717) is 0 Å². The first kappa shape index (κ1) is 12.3. The predicted octanol–water partition coefficient (Wildman–Crippen LogP) is 3.45. The van der Waals surface area contributed by atoms with Crippen LogP contribution in [0.4, 0.5) is 0 Å². The van der Waals surface area contributed by atoms with Gasteiger partial charge in [-0.25, -0.2) is 0 Å². The summed E-state index contributed by atoms with van der Waals surface area (Å²) in [6, 6.07) is 9.70. The summed E-state index contributed by atoms with van der Waals surface area (Å²) in [6.07, 6.45) is 2.18. The summed E-state index contributed by atoms with van der Waals surface area (Å²) in [5.74, 6) is 0. The molecule has 62 valence electrons. The Morgan fingerprint density at radius 2 is 1.58 bits per heavy atom. The van der Waals surface area contributed by atoms with Crippen LogP contribution < -0.4 is 0 Å². The second kappa shape index (κ2) is 7.95. The predicted molar refractivity (Wildman–Crippen MR) is 53.0 cm³/mol. The summed E-state index contributed by atoms with van der Waals surface area (Å²) >= 11 is 4.25. The van der Waals surface area contributed by atoms with Gasteiger partial charge in [0.25, 0.3) is 0 Å². The Bertz CT molecular complexity index is 191. The van der Waals surface area contributed by atoms with Crippen molar-refractivity contribution in [3.05, 3.63) is 35.4 Å². The van der Waals surface area contributed by atoms with Crippen molar-refractivity contribution in [1.29, 1.82) is 0 Å². The molecule has 0 amide bonds. The van der Waals surface area contributed by atoms with Gasteiger partial charge in [0.05, 0.1) is 0 Å². The third-order valence-corrected chi connectivity index (χ3v) is 1.68. The SMILES string of the molecule is CCc1[c-]c(CC)ccc1.[Zn+][Br]. The maximum absolute atomic E-state index is 3.34. The fourth-order valence-electron chi connectivity index (χ4n) is 0.982. The van der Waals surface area contributed by atoms with Gasteiger partial charge in [-0.15, -0.1) is 0 Å². The van der Waals surface area contributed by atoms with Crippen molar-refractivity contribution in [3.63, 3.8) is 0 Å². The second-order valence-electron chi connectivity index (χ2n) is 2.41. The zero-order chi connectivity index (χ0) is 9.40. The molecule has 0 saturated carbocycles. The molecule has 0 bridgehead atoms. The molecule has 0 saturated heterocycles. The Labute approximate surface area is 91.8 Å². The molecule has 12 heavy (non-hydrogen) atoms. The van der Waals surface area contributed by atoms with Crippen LogP contribution in [0.15, 0.2) is 18.2 Å². The molecular weight excluding hydrogens is 265 g/mol. The number of benzene rings is 1. The Morgan fingerprint density at radius 1 is 1.17 bits per heavy atom. The molecule has 0 unspecified atom stereocenters. The summed E-state index contributed by atoms with van der Waals surface area (Å²) < 4.78 is 0. The Balaban J connectivity index is 0.000000561. The minimum atomic E-state index is 1.09. The molecule has 0 fully saturated rings. The van der Waals surface area contributed by atoms with Crippen LogP contribution in [0, 0.1) is 6.07 Å². The van der Waals surface area contributed by atoms with Crippen LogP contribution in [0.3, 0.4) is 0 Å². The molecule has 0 N–H and O–H groups in total. The molecule has 0 heterocycles. The minimum absolute atomic E-state index is 1.09. The summed E-state index contributed by atoms with van der Waals surface area (Å²) in [7, 11) is 0. The van der Waals surface area contributed by atoms with E-state index in [4.69, 9.17) is 0 Å². The van der Waals surface area contributed by atoms with E-state index in [-0.39, 0.29) is 0 Å². The summed E-state index contributed by atoms with van der Waals surface area (Å²) in [5.41, 5.74) is 2.64. The van der Waals surface area contributed by atoms with E-state index in [1.807, 2.05) is 0 Å². The van der Waals surface area contributed by atoms with Gasteiger partial charge in [0.2, 0.25) is 0 Å². The maximum atomic E-state index is 3.34. The van der Waals surface area contributed by atoms with Crippen molar-refractivity contribution < 1.29 is 16.3 Å². The van der Waals surface area contributed by atoms with Crippen LogP contribution in [-0.2, 0) is 29.2 Å². The first-order valence-electron chi connectivity index (χ1n) is 4.13. The van der Waals surface area contributed by atoms with Gasteiger partial charge >= 0.3 is 30.0 Å². The van der Waals surface area contributed by atoms with Gasteiger partial charge in [-0.05, 0) is 0 Å². The van der Waals surface area contributed by atoms with Gasteiger partial charge in [-0.1, -0.05) is 26.7 Å². The van der Waals surface area contributed by atoms with E-state index in [1.165, 1.54) is 27.5 Å². The summed E-state index contributed by atoms with van der Waals surface area (Å²) in [6.45, 7) is 4.32. The molecule has 0 aromatic heterocycles. The zero-order valence-electron chi connectivity index (χ0n) is 7.73. The number of rotatable bonds is 2. The van der Waals surface area contributed by atoms with Gasteiger partial charge in [-0.3, -0.25) is 0 Å². The van der Waals surface area contributed by atoms with Crippen molar-refractivity contribution in [3.8, 4) is 0 Å². The first-order valence-corrected chi connectivity index (χ1v) is 11.1. The van der Waals surface area contributed by atoms with Crippen LogP contribution in [-0.4, -0.2) is 0 Å². The van der Waals surface area contributed by atoms with Crippen molar-refractivity contribution in [2.75, 3.05) is 0 Å². The van der Waals surface area contributed by atoms with Crippen molar-refractivity contribution in [1.82, 2.24) is 0 Å². The summed E-state index contributed by atoms with van der Waals surface area (Å²) in [5, 5.41) is 0. The van der Waals surface area contributed by atoms with Crippen LogP contribution >= 0.6 is 13.6 Å². The van der Waals surface area contributed by atoms with Crippen LogP contribution in [0.1, 0.15) is 25.0 Å². The molecule has 2 heteroatoms. The fraction of sp³-hybridized carbons (Fsp3) is 0.400. The number of hydrogen-bond donors (Lipinski definition) is 0. The molecule has 0 aliphatic rings.